The molecule has 1 aromatic heterocycles. The van der Waals surface area contributed by atoms with Gasteiger partial charge in [0.15, 0.2) is 0 Å². The Labute approximate surface area is 111 Å². The van der Waals surface area contributed by atoms with Crippen LogP contribution in [0.1, 0.15) is 6.42 Å². The van der Waals surface area contributed by atoms with Crippen molar-refractivity contribution in [3.8, 4) is 0 Å². The Kier molecular flexibility index (Phi) is 3.25. The van der Waals surface area contributed by atoms with Gasteiger partial charge in [0.2, 0.25) is 5.91 Å². The number of halogens is 1. The summed E-state index contributed by atoms with van der Waals surface area (Å²) in [6.07, 6.45) is 1.86. The van der Waals surface area contributed by atoms with Crippen molar-refractivity contribution in [2.45, 2.75) is 6.42 Å². The highest BCUT2D eigenvalue weighted by molar-refractivity contribution is 9.10. The fourth-order valence-corrected chi connectivity index (χ4v) is 2.26. The SMILES string of the molecule is Cn1cc(NC(=O)C2CC2C(=O)O)cc(Br)c1=O. The molecule has 2 atom stereocenters. The molecule has 2 unspecified atom stereocenters. The summed E-state index contributed by atoms with van der Waals surface area (Å²) in [6, 6.07) is 1.50. The van der Waals surface area contributed by atoms with Crippen molar-refractivity contribution in [2.75, 3.05) is 5.32 Å². The molecule has 7 heteroatoms. The fourth-order valence-electron chi connectivity index (χ4n) is 1.73. The molecular formula is C11H11BrN2O4. The molecule has 1 amide bonds. The Morgan fingerprint density at radius 3 is 2.67 bits per heavy atom. The molecule has 0 aliphatic heterocycles. The van der Waals surface area contributed by atoms with Crippen molar-refractivity contribution in [1.29, 1.82) is 0 Å². The summed E-state index contributed by atoms with van der Waals surface area (Å²) in [5, 5.41) is 11.3. The monoisotopic (exact) mass is 314 g/mol. The largest absolute Gasteiger partial charge is 0.481 e. The van der Waals surface area contributed by atoms with Crippen molar-refractivity contribution >= 4 is 33.5 Å². The van der Waals surface area contributed by atoms with Gasteiger partial charge in [0.1, 0.15) is 0 Å². The number of nitrogens with one attached hydrogen (secondary N) is 1. The first-order chi connectivity index (χ1) is 8.40. The van der Waals surface area contributed by atoms with Gasteiger partial charge in [-0.15, -0.1) is 0 Å². The van der Waals surface area contributed by atoms with Crippen LogP contribution in [-0.2, 0) is 16.6 Å². The number of aryl methyl sites for hydroxylation is 1. The Bertz CT molecular complexity index is 555. The van der Waals surface area contributed by atoms with Crippen LogP contribution in [0.5, 0.6) is 0 Å². The van der Waals surface area contributed by atoms with E-state index in [9.17, 15) is 14.4 Å². The van der Waals surface area contributed by atoms with Gasteiger partial charge in [0.25, 0.3) is 5.56 Å². The molecule has 1 fully saturated rings. The zero-order valence-electron chi connectivity index (χ0n) is 9.51. The maximum absolute atomic E-state index is 11.7. The van der Waals surface area contributed by atoms with Crippen LogP contribution in [0.3, 0.4) is 0 Å². The number of carboxylic acids is 1. The quantitative estimate of drug-likeness (QED) is 0.864. The second-order valence-electron chi connectivity index (χ2n) is 4.27. The zero-order chi connectivity index (χ0) is 13.4. The van der Waals surface area contributed by atoms with E-state index in [2.05, 4.69) is 21.2 Å². The number of rotatable bonds is 3. The summed E-state index contributed by atoms with van der Waals surface area (Å²) in [5.74, 6) is -2.33. The normalized spacial score (nSPS) is 21.4. The highest BCUT2D eigenvalue weighted by Crippen LogP contribution is 2.39. The molecule has 0 spiro atoms. The molecule has 0 radical (unpaired) electrons. The third kappa shape index (κ3) is 2.45. The van der Waals surface area contributed by atoms with E-state index in [-0.39, 0.29) is 11.5 Å². The van der Waals surface area contributed by atoms with E-state index in [1.54, 1.807) is 7.05 Å². The minimum Gasteiger partial charge on any atom is -0.481 e. The number of aromatic nitrogens is 1. The van der Waals surface area contributed by atoms with Crippen LogP contribution in [0.2, 0.25) is 0 Å². The highest BCUT2D eigenvalue weighted by Gasteiger charge is 2.48. The molecule has 6 nitrogen and oxygen atoms in total. The van der Waals surface area contributed by atoms with Crippen LogP contribution in [-0.4, -0.2) is 21.6 Å². The Morgan fingerprint density at radius 1 is 1.50 bits per heavy atom. The van der Waals surface area contributed by atoms with E-state index in [0.29, 0.717) is 16.6 Å². The van der Waals surface area contributed by atoms with Crippen LogP contribution in [0.25, 0.3) is 0 Å². The van der Waals surface area contributed by atoms with Crippen molar-refractivity contribution < 1.29 is 14.7 Å². The maximum atomic E-state index is 11.7. The molecule has 0 saturated heterocycles. The van der Waals surface area contributed by atoms with Crippen molar-refractivity contribution in [3.05, 3.63) is 27.1 Å². The number of amides is 1. The molecule has 1 heterocycles. The lowest BCUT2D eigenvalue weighted by atomic mass is 10.3. The summed E-state index contributed by atoms with van der Waals surface area (Å²) in [6.45, 7) is 0. The van der Waals surface area contributed by atoms with E-state index in [0.717, 1.165) is 0 Å². The van der Waals surface area contributed by atoms with Gasteiger partial charge in [0.05, 0.1) is 22.0 Å². The lowest BCUT2D eigenvalue weighted by Gasteiger charge is -2.07. The topological polar surface area (TPSA) is 88.4 Å². The first-order valence-corrected chi connectivity index (χ1v) is 6.09. The smallest absolute Gasteiger partial charge is 0.307 e. The number of anilines is 1. The second-order valence-corrected chi connectivity index (χ2v) is 5.12. The molecule has 0 aromatic carbocycles. The number of carbonyl (C=O) groups excluding carboxylic acids is 1. The van der Waals surface area contributed by atoms with Gasteiger partial charge in [-0.2, -0.15) is 0 Å². The van der Waals surface area contributed by atoms with Crippen LogP contribution in [0.4, 0.5) is 5.69 Å². The van der Waals surface area contributed by atoms with Crippen molar-refractivity contribution in [3.63, 3.8) is 0 Å². The molecule has 1 aliphatic carbocycles. The number of carboxylic acid groups (broad SMARTS) is 1. The standard InChI is InChI=1S/C11H11BrN2O4/c1-14-4-5(2-8(12)10(14)16)13-9(15)6-3-7(6)11(17)18/h2,4,6-7H,3H2,1H3,(H,13,15)(H,17,18). The van der Waals surface area contributed by atoms with E-state index < -0.39 is 17.8 Å². The number of carbonyl (C=O) groups is 2. The highest BCUT2D eigenvalue weighted by atomic mass is 79.9. The maximum Gasteiger partial charge on any atom is 0.307 e. The molecule has 96 valence electrons. The Hall–Kier alpha value is -1.63. The summed E-state index contributed by atoms with van der Waals surface area (Å²) in [4.78, 5) is 33.8. The summed E-state index contributed by atoms with van der Waals surface area (Å²) in [7, 11) is 1.57. The van der Waals surface area contributed by atoms with Crippen molar-refractivity contribution in [2.24, 2.45) is 18.9 Å². The first kappa shape index (κ1) is 12.8. The fraction of sp³-hybridized carbons (Fsp3) is 0.364. The van der Waals surface area contributed by atoms with E-state index in [4.69, 9.17) is 5.11 Å². The summed E-state index contributed by atoms with van der Waals surface area (Å²) < 4.78 is 1.68. The summed E-state index contributed by atoms with van der Waals surface area (Å²) in [5.41, 5.74) is 0.257. The molecule has 0 bridgehead atoms. The number of hydrogen-bond acceptors (Lipinski definition) is 3. The van der Waals surface area contributed by atoms with Gasteiger partial charge in [-0.3, -0.25) is 14.4 Å². The number of hydrogen-bond donors (Lipinski definition) is 2. The predicted octanol–water partition coefficient (Wildman–Crippen LogP) is 0.807. The molecule has 1 aliphatic rings. The molecule has 1 saturated carbocycles. The van der Waals surface area contributed by atoms with Crippen molar-refractivity contribution in [1.82, 2.24) is 4.57 Å². The Morgan fingerprint density at radius 2 is 2.17 bits per heavy atom. The molecule has 1 aromatic rings. The van der Waals surface area contributed by atoms with Gasteiger partial charge in [-0.25, -0.2) is 0 Å². The van der Waals surface area contributed by atoms with Crippen LogP contribution >= 0.6 is 15.9 Å². The van der Waals surface area contributed by atoms with E-state index >= 15 is 0 Å². The zero-order valence-corrected chi connectivity index (χ0v) is 11.1. The van der Waals surface area contributed by atoms with Gasteiger partial charge in [-0.05, 0) is 28.4 Å². The molecule has 2 rings (SSSR count). The second kappa shape index (κ2) is 4.56. The predicted molar refractivity (Wildman–Crippen MR) is 67.2 cm³/mol. The summed E-state index contributed by atoms with van der Waals surface area (Å²) >= 11 is 3.10. The van der Waals surface area contributed by atoms with E-state index in [1.807, 2.05) is 0 Å². The molecular weight excluding hydrogens is 304 g/mol. The van der Waals surface area contributed by atoms with Gasteiger partial charge < -0.3 is 15.0 Å². The van der Waals surface area contributed by atoms with Crippen LogP contribution in [0.15, 0.2) is 21.5 Å². The lowest BCUT2D eigenvalue weighted by Crippen LogP contribution is -2.21. The molecule has 2 N–H and O–H groups in total. The van der Waals surface area contributed by atoms with Crippen LogP contribution in [0, 0.1) is 11.8 Å². The first-order valence-electron chi connectivity index (χ1n) is 5.30. The average molecular weight is 315 g/mol. The van der Waals surface area contributed by atoms with Gasteiger partial charge >= 0.3 is 5.97 Å². The number of pyridine rings is 1. The lowest BCUT2D eigenvalue weighted by molar-refractivity contribution is -0.139. The third-order valence-electron chi connectivity index (χ3n) is 2.85. The third-order valence-corrected chi connectivity index (χ3v) is 3.42. The molecule has 18 heavy (non-hydrogen) atoms. The number of aliphatic carboxylic acids is 1. The minimum atomic E-state index is -0.947. The van der Waals surface area contributed by atoms with Gasteiger partial charge in [-0.1, -0.05) is 0 Å². The van der Waals surface area contributed by atoms with E-state index in [1.165, 1.54) is 16.8 Å². The minimum absolute atomic E-state index is 0.206. The Balaban J connectivity index is 2.09. The average Bonchev–Trinajstić information content (AvgIpc) is 3.05. The van der Waals surface area contributed by atoms with Crippen LogP contribution < -0.4 is 10.9 Å². The van der Waals surface area contributed by atoms with Gasteiger partial charge in [0, 0.05) is 13.2 Å². The number of nitrogens with zero attached hydrogens (tertiary/aromatic N) is 1.